The third-order valence-electron chi connectivity index (χ3n) is 6.65. The van der Waals surface area contributed by atoms with Crippen molar-refractivity contribution in [2.45, 2.75) is 18.9 Å². The monoisotopic (exact) mass is 509 g/mol. The minimum Gasteiger partial charge on any atom is -0.477 e. The Morgan fingerprint density at radius 3 is 2.49 bits per heavy atom. The van der Waals surface area contributed by atoms with Crippen LogP contribution in [0.15, 0.2) is 52.5 Å². The number of nitrogens with zero attached hydrogens (tertiary/aromatic N) is 4. The molecule has 9 nitrogen and oxygen atoms in total. The largest absolute Gasteiger partial charge is 0.477 e. The van der Waals surface area contributed by atoms with Gasteiger partial charge in [0.15, 0.2) is 0 Å². The minimum atomic E-state index is -1.33. The highest BCUT2D eigenvalue weighted by Gasteiger charge is 2.28. The number of carboxylic acid groups (broad SMARTS) is 1. The number of hydrazone groups is 1. The number of nitrogens with one attached hydrogen (secondary N) is 1. The topological polar surface area (TPSA) is 107 Å². The van der Waals surface area contributed by atoms with E-state index < -0.39 is 23.0 Å². The molecule has 0 spiro atoms. The van der Waals surface area contributed by atoms with Gasteiger partial charge in [0.2, 0.25) is 5.43 Å². The molecule has 2 aromatic carbocycles. The highest BCUT2D eigenvalue weighted by Crippen LogP contribution is 2.38. The summed E-state index contributed by atoms with van der Waals surface area (Å²) in [6, 6.07) is 8.93. The van der Waals surface area contributed by atoms with Crippen LogP contribution in [0.4, 0.5) is 14.5 Å². The van der Waals surface area contributed by atoms with Gasteiger partial charge in [0.1, 0.15) is 17.2 Å². The van der Waals surface area contributed by atoms with Crippen molar-refractivity contribution in [2.75, 3.05) is 37.6 Å². The number of rotatable bonds is 7. The molecule has 5 rings (SSSR count). The standard InChI is InChI=1S/C26H25F2N5O4/c27-20-4-2-1-3-16(20)13-29-30-24(34)15-31-7-9-32(10-8-31)23-12-22-18(11-21(23)28)25(35)19(26(36)37)14-33(22)17-5-6-17/h1-4,11-14,17H,5-10,15H2,(H,30,34)(H,36,37)/b29-13+. The molecule has 2 aliphatic rings. The first-order chi connectivity index (χ1) is 17.8. The average Bonchev–Trinajstić information content (AvgIpc) is 3.71. The number of hydrogen-bond acceptors (Lipinski definition) is 6. The molecule has 1 aliphatic heterocycles. The molecule has 192 valence electrons. The van der Waals surface area contributed by atoms with Crippen molar-refractivity contribution in [3.63, 3.8) is 0 Å². The van der Waals surface area contributed by atoms with E-state index in [1.807, 2.05) is 9.80 Å². The number of carbonyl (C=O) groups is 2. The third-order valence-corrected chi connectivity index (χ3v) is 6.65. The number of fused-ring (bicyclic) bond motifs is 1. The number of piperazine rings is 1. The Labute approximate surface area is 210 Å². The SMILES string of the molecule is O=C(CN1CCN(c2cc3c(cc2F)c(=O)c(C(=O)O)cn3C2CC2)CC1)N/N=C/c1ccccc1F. The number of halogens is 2. The van der Waals surface area contributed by atoms with Crippen molar-refractivity contribution in [3.8, 4) is 0 Å². The van der Waals surface area contributed by atoms with Gasteiger partial charge >= 0.3 is 5.97 Å². The molecule has 1 aromatic heterocycles. The molecule has 11 heteroatoms. The van der Waals surface area contributed by atoms with Crippen molar-refractivity contribution < 1.29 is 23.5 Å². The molecule has 2 heterocycles. The highest BCUT2D eigenvalue weighted by atomic mass is 19.1. The molecule has 0 atom stereocenters. The number of aromatic carboxylic acids is 1. The maximum Gasteiger partial charge on any atom is 0.341 e. The van der Waals surface area contributed by atoms with Crippen LogP contribution in [0.1, 0.15) is 34.8 Å². The summed E-state index contributed by atoms with van der Waals surface area (Å²) in [7, 11) is 0. The lowest BCUT2D eigenvalue weighted by molar-refractivity contribution is -0.122. The minimum absolute atomic E-state index is 0.0549. The summed E-state index contributed by atoms with van der Waals surface area (Å²) < 4.78 is 30.5. The fraction of sp³-hybridized carbons (Fsp3) is 0.308. The Kier molecular flexibility index (Phi) is 6.70. The van der Waals surface area contributed by atoms with Gasteiger partial charge in [0.25, 0.3) is 5.91 Å². The van der Waals surface area contributed by atoms with E-state index in [0.29, 0.717) is 37.4 Å². The molecular formula is C26H25F2N5O4. The lowest BCUT2D eigenvalue weighted by Gasteiger charge is -2.36. The quantitative estimate of drug-likeness (QED) is 0.375. The zero-order chi connectivity index (χ0) is 26.1. The summed E-state index contributed by atoms with van der Waals surface area (Å²) in [6.07, 6.45) is 4.34. The molecule has 2 N–H and O–H groups in total. The Bertz CT molecular complexity index is 1460. The lowest BCUT2D eigenvalue weighted by Crippen LogP contribution is -2.49. The molecular weight excluding hydrogens is 484 g/mol. The number of benzene rings is 2. The molecule has 0 bridgehead atoms. The fourth-order valence-electron chi connectivity index (χ4n) is 4.55. The zero-order valence-electron chi connectivity index (χ0n) is 19.9. The van der Waals surface area contributed by atoms with Crippen LogP contribution in [-0.2, 0) is 4.79 Å². The van der Waals surface area contributed by atoms with Gasteiger partial charge in [-0.15, -0.1) is 0 Å². The highest BCUT2D eigenvalue weighted by molar-refractivity contribution is 5.93. The van der Waals surface area contributed by atoms with Gasteiger partial charge in [-0.25, -0.2) is 19.0 Å². The number of hydrogen-bond donors (Lipinski definition) is 2. The second kappa shape index (κ2) is 10.1. The molecule has 0 radical (unpaired) electrons. The van der Waals surface area contributed by atoms with Crippen molar-refractivity contribution in [3.05, 3.63) is 75.6 Å². The van der Waals surface area contributed by atoms with E-state index in [0.717, 1.165) is 18.9 Å². The normalized spacial score (nSPS) is 16.4. The van der Waals surface area contributed by atoms with Gasteiger partial charge in [-0.2, -0.15) is 5.10 Å². The van der Waals surface area contributed by atoms with Crippen LogP contribution in [0.2, 0.25) is 0 Å². The number of pyridine rings is 1. The molecule has 2 fully saturated rings. The van der Waals surface area contributed by atoms with Crippen molar-refractivity contribution in [1.29, 1.82) is 0 Å². The molecule has 1 saturated heterocycles. The molecule has 1 amide bonds. The predicted molar refractivity (Wildman–Crippen MR) is 134 cm³/mol. The molecule has 1 saturated carbocycles. The van der Waals surface area contributed by atoms with Crippen LogP contribution in [-0.4, -0.2) is 65.4 Å². The van der Waals surface area contributed by atoms with E-state index in [1.165, 1.54) is 18.5 Å². The Morgan fingerprint density at radius 1 is 1.08 bits per heavy atom. The van der Waals surface area contributed by atoms with Gasteiger partial charge in [-0.1, -0.05) is 18.2 Å². The molecule has 0 unspecified atom stereocenters. The van der Waals surface area contributed by atoms with Crippen LogP contribution in [0.3, 0.4) is 0 Å². The summed E-state index contributed by atoms with van der Waals surface area (Å²) >= 11 is 0. The maximum absolute atomic E-state index is 15.1. The third kappa shape index (κ3) is 5.21. The number of carbonyl (C=O) groups excluding carboxylic acids is 1. The van der Waals surface area contributed by atoms with Gasteiger partial charge in [-0.05, 0) is 31.0 Å². The molecule has 1 aliphatic carbocycles. The summed E-state index contributed by atoms with van der Waals surface area (Å²) in [4.78, 5) is 40.2. The first-order valence-corrected chi connectivity index (χ1v) is 12.0. The number of aromatic nitrogens is 1. The Hall–Kier alpha value is -4.12. The first-order valence-electron chi connectivity index (χ1n) is 12.0. The van der Waals surface area contributed by atoms with Crippen LogP contribution < -0.4 is 15.8 Å². The van der Waals surface area contributed by atoms with E-state index in [1.54, 1.807) is 28.8 Å². The average molecular weight is 510 g/mol. The second-order valence-electron chi connectivity index (χ2n) is 9.21. The van der Waals surface area contributed by atoms with E-state index in [-0.39, 0.29) is 35.0 Å². The van der Waals surface area contributed by atoms with Crippen molar-refractivity contribution >= 4 is 34.7 Å². The maximum atomic E-state index is 15.1. The van der Waals surface area contributed by atoms with E-state index in [9.17, 15) is 23.9 Å². The number of amides is 1. The van der Waals surface area contributed by atoms with Crippen LogP contribution in [0.25, 0.3) is 10.9 Å². The van der Waals surface area contributed by atoms with E-state index >= 15 is 4.39 Å². The van der Waals surface area contributed by atoms with Crippen LogP contribution in [0, 0.1) is 11.6 Å². The van der Waals surface area contributed by atoms with Gasteiger partial charge in [0, 0.05) is 49.4 Å². The first kappa shape index (κ1) is 24.6. The summed E-state index contributed by atoms with van der Waals surface area (Å²) in [5, 5.41) is 13.3. The summed E-state index contributed by atoms with van der Waals surface area (Å²) in [5.74, 6) is -2.71. The van der Waals surface area contributed by atoms with E-state index in [4.69, 9.17) is 0 Å². The van der Waals surface area contributed by atoms with Gasteiger partial charge < -0.3 is 14.6 Å². The van der Waals surface area contributed by atoms with Crippen LogP contribution >= 0.6 is 0 Å². The smallest absolute Gasteiger partial charge is 0.341 e. The predicted octanol–water partition coefficient (Wildman–Crippen LogP) is 2.59. The zero-order valence-corrected chi connectivity index (χ0v) is 19.9. The summed E-state index contributed by atoms with van der Waals surface area (Å²) in [5.41, 5.74) is 2.45. The fourth-order valence-corrected chi connectivity index (χ4v) is 4.55. The van der Waals surface area contributed by atoms with Crippen LogP contribution in [0.5, 0.6) is 0 Å². The Morgan fingerprint density at radius 2 is 1.81 bits per heavy atom. The van der Waals surface area contributed by atoms with Gasteiger partial charge in [0.05, 0.1) is 24.0 Å². The second-order valence-corrected chi connectivity index (χ2v) is 9.21. The molecule has 37 heavy (non-hydrogen) atoms. The van der Waals surface area contributed by atoms with Crippen molar-refractivity contribution in [2.24, 2.45) is 5.10 Å². The Balaban J connectivity index is 1.26. The number of carboxylic acids is 1. The van der Waals surface area contributed by atoms with Gasteiger partial charge in [-0.3, -0.25) is 14.5 Å². The number of anilines is 1. The summed E-state index contributed by atoms with van der Waals surface area (Å²) in [6.45, 7) is 1.98. The van der Waals surface area contributed by atoms with E-state index in [2.05, 4.69) is 10.5 Å². The van der Waals surface area contributed by atoms with Crippen molar-refractivity contribution in [1.82, 2.24) is 14.9 Å². The molecule has 3 aromatic rings. The lowest BCUT2D eigenvalue weighted by atomic mass is 10.1.